The molecule has 22 heavy (non-hydrogen) atoms. The van der Waals surface area contributed by atoms with Crippen LogP contribution in [-0.2, 0) is 6.54 Å². The molecule has 0 aliphatic rings. The summed E-state index contributed by atoms with van der Waals surface area (Å²) in [5.41, 5.74) is 2.50. The number of hydrogen-bond acceptors (Lipinski definition) is 2. The number of benzene rings is 2. The van der Waals surface area contributed by atoms with Crippen molar-refractivity contribution in [1.29, 1.82) is 0 Å². The molecule has 3 aromatic rings. The van der Waals surface area contributed by atoms with Crippen LogP contribution in [0, 0.1) is 0 Å². The number of carbonyl (C=O) groups is 1. The minimum Gasteiger partial charge on any atom is -0.494 e. The van der Waals surface area contributed by atoms with E-state index in [9.17, 15) is 4.79 Å². The van der Waals surface area contributed by atoms with Crippen LogP contribution in [0.3, 0.4) is 0 Å². The fraction of sp³-hybridized carbons (Fsp3) is 0.167. The van der Waals surface area contributed by atoms with Gasteiger partial charge in [0, 0.05) is 23.6 Å². The lowest BCUT2D eigenvalue weighted by Crippen LogP contribution is -2.00. The number of hydrogen-bond donors (Lipinski definition) is 1. The van der Waals surface area contributed by atoms with Crippen molar-refractivity contribution < 1.29 is 14.6 Å². The number of carboxylic acid groups (broad SMARTS) is 1. The van der Waals surface area contributed by atoms with Crippen LogP contribution in [0.4, 0.5) is 0 Å². The highest BCUT2D eigenvalue weighted by atomic mass is 16.5. The van der Waals surface area contributed by atoms with Gasteiger partial charge in [-0.25, -0.2) is 4.79 Å². The van der Waals surface area contributed by atoms with Crippen LogP contribution >= 0.6 is 0 Å². The van der Waals surface area contributed by atoms with E-state index >= 15 is 0 Å². The lowest BCUT2D eigenvalue weighted by Gasteiger charge is -2.07. The molecule has 112 valence electrons. The second-order valence-corrected chi connectivity index (χ2v) is 5.10. The molecule has 0 saturated carbocycles. The van der Waals surface area contributed by atoms with Crippen LogP contribution in [0.5, 0.6) is 5.75 Å². The molecule has 2 aromatic carbocycles. The summed E-state index contributed by atoms with van der Waals surface area (Å²) in [7, 11) is 0. The van der Waals surface area contributed by atoms with E-state index in [1.165, 1.54) is 0 Å². The van der Waals surface area contributed by atoms with Crippen LogP contribution in [0.15, 0.2) is 54.7 Å². The Hall–Kier alpha value is -2.75. The van der Waals surface area contributed by atoms with Gasteiger partial charge >= 0.3 is 5.97 Å². The van der Waals surface area contributed by atoms with Crippen LogP contribution in [0.1, 0.15) is 22.8 Å². The average Bonchev–Trinajstić information content (AvgIpc) is 2.90. The van der Waals surface area contributed by atoms with E-state index in [0.29, 0.717) is 18.7 Å². The number of aromatic nitrogens is 1. The molecule has 0 unspecified atom stereocenters. The van der Waals surface area contributed by atoms with Crippen LogP contribution < -0.4 is 4.74 Å². The zero-order valence-corrected chi connectivity index (χ0v) is 12.3. The highest BCUT2D eigenvalue weighted by Crippen LogP contribution is 2.23. The number of nitrogens with zero attached hydrogens (tertiary/aromatic N) is 1. The average molecular weight is 295 g/mol. The Morgan fingerprint density at radius 3 is 2.59 bits per heavy atom. The minimum absolute atomic E-state index is 0.308. The van der Waals surface area contributed by atoms with E-state index in [1.54, 1.807) is 12.1 Å². The highest BCUT2D eigenvalue weighted by Gasteiger charge is 2.05. The Bertz CT molecular complexity index is 803. The topological polar surface area (TPSA) is 51.5 Å². The van der Waals surface area contributed by atoms with Gasteiger partial charge in [0.2, 0.25) is 0 Å². The number of aromatic carboxylic acids is 1. The molecule has 0 bridgehead atoms. The van der Waals surface area contributed by atoms with Crippen molar-refractivity contribution in [3.05, 3.63) is 65.9 Å². The molecule has 1 heterocycles. The summed E-state index contributed by atoms with van der Waals surface area (Å²) in [4.78, 5) is 10.9. The molecule has 3 rings (SSSR count). The maximum atomic E-state index is 10.9. The van der Waals surface area contributed by atoms with Gasteiger partial charge in [-0.1, -0.05) is 12.1 Å². The molecule has 4 nitrogen and oxygen atoms in total. The molecule has 0 aliphatic heterocycles. The number of rotatable bonds is 5. The molecule has 0 fully saturated rings. The van der Waals surface area contributed by atoms with Crippen LogP contribution in [0.2, 0.25) is 0 Å². The molecule has 0 saturated heterocycles. The van der Waals surface area contributed by atoms with Gasteiger partial charge in [-0.15, -0.1) is 0 Å². The van der Waals surface area contributed by atoms with Crippen molar-refractivity contribution in [3.8, 4) is 5.75 Å². The summed E-state index contributed by atoms with van der Waals surface area (Å²) in [5.74, 6) is -0.0278. The Morgan fingerprint density at radius 2 is 1.91 bits per heavy atom. The smallest absolute Gasteiger partial charge is 0.335 e. The summed E-state index contributed by atoms with van der Waals surface area (Å²) >= 11 is 0. The summed E-state index contributed by atoms with van der Waals surface area (Å²) in [5, 5.41) is 10.1. The van der Waals surface area contributed by atoms with E-state index in [2.05, 4.69) is 10.6 Å². The van der Waals surface area contributed by atoms with Gasteiger partial charge in [0.05, 0.1) is 12.2 Å². The van der Waals surface area contributed by atoms with Crippen molar-refractivity contribution >= 4 is 16.9 Å². The normalized spacial score (nSPS) is 10.8. The maximum Gasteiger partial charge on any atom is 0.335 e. The molecule has 0 amide bonds. The predicted octanol–water partition coefficient (Wildman–Crippen LogP) is 3.79. The molecular weight excluding hydrogens is 278 g/mol. The standard InChI is InChI=1S/C18H17NO3/c1-2-22-16-7-8-17-15(11-16)9-10-19(17)12-13-3-5-14(6-4-13)18(20)21/h3-11H,2,12H2,1H3,(H,20,21). The van der Waals surface area contributed by atoms with Crippen LogP contribution in [0.25, 0.3) is 10.9 Å². The van der Waals surface area contributed by atoms with Gasteiger partial charge in [0.15, 0.2) is 0 Å². The maximum absolute atomic E-state index is 10.9. The third-order valence-electron chi connectivity index (χ3n) is 3.61. The Labute approximate surface area is 128 Å². The number of fused-ring (bicyclic) bond motifs is 1. The molecule has 4 heteroatoms. The molecule has 1 N–H and O–H groups in total. The zero-order chi connectivity index (χ0) is 15.5. The lowest BCUT2D eigenvalue weighted by molar-refractivity contribution is 0.0697. The van der Waals surface area contributed by atoms with Gasteiger partial charge in [-0.2, -0.15) is 0 Å². The predicted molar refractivity (Wildman–Crippen MR) is 85.6 cm³/mol. The third-order valence-corrected chi connectivity index (χ3v) is 3.61. The van der Waals surface area contributed by atoms with Gasteiger partial charge < -0.3 is 14.4 Å². The third kappa shape index (κ3) is 2.81. The summed E-state index contributed by atoms with van der Waals surface area (Å²) in [6.45, 7) is 3.33. The second-order valence-electron chi connectivity index (χ2n) is 5.10. The van der Waals surface area contributed by atoms with Gasteiger partial charge in [-0.3, -0.25) is 0 Å². The quantitative estimate of drug-likeness (QED) is 0.779. The van der Waals surface area contributed by atoms with Gasteiger partial charge in [0.1, 0.15) is 5.75 Å². The van der Waals surface area contributed by atoms with E-state index in [0.717, 1.165) is 22.2 Å². The van der Waals surface area contributed by atoms with Crippen molar-refractivity contribution in [2.45, 2.75) is 13.5 Å². The summed E-state index contributed by atoms with van der Waals surface area (Å²) in [6, 6.07) is 15.1. The monoisotopic (exact) mass is 295 g/mol. The fourth-order valence-corrected chi connectivity index (χ4v) is 2.52. The second kappa shape index (κ2) is 5.93. The Balaban J connectivity index is 1.85. The highest BCUT2D eigenvalue weighted by molar-refractivity contribution is 5.87. The van der Waals surface area contributed by atoms with Crippen molar-refractivity contribution in [1.82, 2.24) is 4.57 Å². The lowest BCUT2D eigenvalue weighted by atomic mass is 10.1. The van der Waals surface area contributed by atoms with E-state index in [1.807, 2.05) is 43.5 Å². The molecule has 0 spiro atoms. The van der Waals surface area contributed by atoms with Crippen molar-refractivity contribution in [2.24, 2.45) is 0 Å². The molecule has 0 aliphatic carbocycles. The zero-order valence-electron chi connectivity index (χ0n) is 12.3. The van der Waals surface area contributed by atoms with E-state index in [-0.39, 0.29) is 0 Å². The number of ether oxygens (including phenoxy) is 1. The Kier molecular flexibility index (Phi) is 3.83. The van der Waals surface area contributed by atoms with E-state index in [4.69, 9.17) is 9.84 Å². The first-order chi connectivity index (χ1) is 10.7. The van der Waals surface area contributed by atoms with Crippen LogP contribution in [-0.4, -0.2) is 22.2 Å². The first kappa shape index (κ1) is 14.2. The molecule has 0 atom stereocenters. The first-order valence-corrected chi connectivity index (χ1v) is 7.21. The van der Waals surface area contributed by atoms with Crippen molar-refractivity contribution in [3.63, 3.8) is 0 Å². The van der Waals surface area contributed by atoms with E-state index < -0.39 is 5.97 Å². The molecular formula is C18H17NO3. The van der Waals surface area contributed by atoms with Gasteiger partial charge in [0.25, 0.3) is 0 Å². The number of carboxylic acids is 1. The molecule has 0 radical (unpaired) electrons. The summed E-state index contributed by atoms with van der Waals surface area (Å²) in [6.07, 6.45) is 2.03. The molecule has 1 aromatic heterocycles. The SMILES string of the molecule is CCOc1ccc2c(ccn2Cc2ccc(C(=O)O)cc2)c1. The first-order valence-electron chi connectivity index (χ1n) is 7.21. The van der Waals surface area contributed by atoms with Gasteiger partial charge in [-0.05, 0) is 48.9 Å². The Morgan fingerprint density at radius 1 is 1.14 bits per heavy atom. The van der Waals surface area contributed by atoms with Crippen molar-refractivity contribution in [2.75, 3.05) is 6.61 Å². The minimum atomic E-state index is -0.901. The largest absolute Gasteiger partial charge is 0.494 e. The fourth-order valence-electron chi connectivity index (χ4n) is 2.52. The summed E-state index contributed by atoms with van der Waals surface area (Å²) < 4.78 is 7.65.